The number of methoxy groups -OCH3 is 2. The first kappa shape index (κ1) is 18.8. The van der Waals surface area contributed by atoms with Gasteiger partial charge in [-0.3, -0.25) is 9.59 Å². The second kappa shape index (κ2) is 7.84. The first-order valence-corrected chi connectivity index (χ1v) is 9.61. The van der Waals surface area contributed by atoms with Gasteiger partial charge in [0, 0.05) is 6.42 Å². The van der Waals surface area contributed by atoms with Crippen LogP contribution in [-0.2, 0) is 6.42 Å². The minimum atomic E-state index is -0.423. The molecule has 7 nitrogen and oxygen atoms in total. The van der Waals surface area contributed by atoms with Gasteiger partial charge in [-0.25, -0.2) is 0 Å². The number of hydrogen-bond donors (Lipinski definition) is 0. The average molecular weight is 407 g/mol. The third-order valence-corrected chi connectivity index (χ3v) is 5.33. The van der Waals surface area contributed by atoms with E-state index in [0.29, 0.717) is 22.5 Å². The van der Waals surface area contributed by atoms with Crippen molar-refractivity contribution in [2.24, 2.45) is 0 Å². The lowest BCUT2D eigenvalue weighted by molar-refractivity contribution is 0.355. The van der Waals surface area contributed by atoms with Gasteiger partial charge < -0.3 is 9.47 Å². The standard InChI is InChI=1S/C21H17N3O4S/c1-27-16-9-8-14(11-17(16)28-2)12-18-20(26)24-21(29-18)22-19(25)15(23-24)10-13-6-4-3-5-7-13/h3-9,11-12H,10H2,1-2H3/b18-12+. The summed E-state index contributed by atoms with van der Waals surface area (Å²) in [7, 11) is 3.11. The van der Waals surface area contributed by atoms with Crippen LogP contribution in [0.4, 0.5) is 0 Å². The highest BCUT2D eigenvalue weighted by molar-refractivity contribution is 7.15. The molecule has 0 amide bonds. The molecule has 0 radical (unpaired) electrons. The lowest BCUT2D eigenvalue weighted by atomic mass is 10.1. The Morgan fingerprint density at radius 2 is 1.79 bits per heavy atom. The Hall–Kier alpha value is -3.52. The maximum Gasteiger partial charge on any atom is 0.296 e. The monoisotopic (exact) mass is 407 g/mol. The maximum atomic E-state index is 12.8. The van der Waals surface area contributed by atoms with Gasteiger partial charge in [0.2, 0.25) is 4.96 Å². The maximum absolute atomic E-state index is 12.8. The smallest absolute Gasteiger partial charge is 0.296 e. The Balaban J connectivity index is 1.79. The van der Waals surface area contributed by atoms with Crippen LogP contribution in [0.3, 0.4) is 0 Å². The van der Waals surface area contributed by atoms with E-state index in [1.807, 2.05) is 36.4 Å². The molecule has 0 unspecified atom stereocenters. The van der Waals surface area contributed by atoms with Crippen LogP contribution in [0, 0.1) is 0 Å². The van der Waals surface area contributed by atoms with Crippen molar-refractivity contribution < 1.29 is 9.47 Å². The van der Waals surface area contributed by atoms with Gasteiger partial charge in [0.25, 0.3) is 11.1 Å². The topological polar surface area (TPSA) is 82.8 Å². The van der Waals surface area contributed by atoms with Crippen molar-refractivity contribution >= 4 is 22.4 Å². The SMILES string of the molecule is COc1ccc(/C=c2/sc3nc(=O)c(Cc4ccccc4)nn3c2=O)cc1OC. The third-order valence-electron chi connectivity index (χ3n) is 4.37. The van der Waals surface area contributed by atoms with E-state index in [1.54, 1.807) is 32.4 Å². The summed E-state index contributed by atoms with van der Waals surface area (Å²) in [5.74, 6) is 1.16. The van der Waals surface area contributed by atoms with Gasteiger partial charge in [-0.05, 0) is 29.3 Å². The summed E-state index contributed by atoms with van der Waals surface area (Å²) in [6.45, 7) is 0. The number of nitrogens with zero attached hydrogens (tertiary/aromatic N) is 3. The molecular formula is C21H17N3O4S. The molecule has 0 N–H and O–H groups in total. The van der Waals surface area contributed by atoms with E-state index in [-0.39, 0.29) is 16.2 Å². The highest BCUT2D eigenvalue weighted by Crippen LogP contribution is 2.27. The molecule has 0 aliphatic heterocycles. The van der Waals surface area contributed by atoms with Crippen LogP contribution < -0.4 is 25.1 Å². The minimum absolute atomic E-state index is 0.237. The predicted octanol–water partition coefficient (Wildman–Crippen LogP) is 1.67. The van der Waals surface area contributed by atoms with Crippen molar-refractivity contribution in [3.05, 3.63) is 90.6 Å². The highest BCUT2D eigenvalue weighted by atomic mass is 32.1. The highest BCUT2D eigenvalue weighted by Gasteiger charge is 2.12. The molecule has 146 valence electrons. The molecule has 8 heteroatoms. The molecular weight excluding hydrogens is 390 g/mol. The predicted molar refractivity (Wildman–Crippen MR) is 111 cm³/mol. The molecule has 0 spiro atoms. The van der Waals surface area contributed by atoms with Gasteiger partial charge >= 0.3 is 0 Å². The zero-order valence-electron chi connectivity index (χ0n) is 15.8. The Labute approximate surface area is 169 Å². The van der Waals surface area contributed by atoms with E-state index >= 15 is 0 Å². The third kappa shape index (κ3) is 3.74. The molecule has 0 aliphatic rings. The Bertz CT molecular complexity index is 1350. The van der Waals surface area contributed by atoms with E-state index in [0.717, 1.165) is 22.5 Å². The Kier molecular flexibility index (Phi) is 5.09. The summed E-state index contributed by atoms with van der Waals surface area (Å²) in [6, 6.07) is 14.8. The fourth-order valence-corrected chi connectivity index (χ4v) is 3.84. The molecule has 29 heavy (non-hydrogen) atoms. The van der Waals surface area contributed by atoms with E-state index in [2.05, 4.69) is 10.1 Å². The summed E-state index contributed by atoms with van der Waals surface area (Å²) < 4.78 is 12.1. The summed E-state index contributed by atoms with van der Waals surface area (Å²) in [5, 5.41) is 4.27. The largest absolute Gasteiger partial charge is 0.493 e. The normalized spacial score (nSPS) is 11.7. The van der Waals surface area contributed by atoms with Gasteiger partial charge in [0.1, 0.15) is 5.69 Å². The van der Waals surface area contributed by atoms with Gasteiger partial charge in [-0.2, -0.15) is 14.6 Å². The Morgan fingerprint density at radius 3 is 2.52 bits per heavy atom. The number of hydrogen-bond acceptors (Lipinski definition) is 7. The molecule has 2 aromatic carbocycles. The van der Waals surface area contributed by atoms with E-state index in [4.69, 9.17) is 9.47 Å². The lowest BCUT2D eigenvalue weighted by Crippen LogP contribution is -2.28. The fourth-order valence-electron chi connectivity index (χ4n) is 2.94. The Morgan fingerprint density at radius 1 is 1.03 bits per heavy atom. The van der Waals surface area contributed by atoms with E-state index in [1.165, 1.54) is 4.52 Å². The number of benzene rings is 2. The molecule has 0 saturated carbocycles. The van der Waals surface area contributed by atoms with E-state index in [9.17, 15) is 9.59 Å². The zero-order chi connectivity index (χ0) is 20.4. The molecule has 2 aromatic heterocycles. The second-order valence-corrected chi connectivity index (χ2v) is 7.26. The average Bonchev–Trinajstić information content (AvgIpc) is 3.03. The van der Waals surface area contributed by atoms with Crippen molar-refractivity contribution in [3.8, 4) is 11.5 Å². The minimum Gasteiger partial charge on any atom is -0.493 e. The molecule has 0 fully saturated rings. The molecule has 4 rings (SSSR count). The number of aromatic nitrogens is 3. The van der Waals surface area contributed by atoms with Crippen molar-refractivity contribution in [2.45, 2.75) is 6.42 Å². The first-order chi connectivity index (χ1) is 14.1. The second-order valence-electron chi connectivity index (χ2n) is 6.25. The van der Waals surface area contributed by atoms with Crippen molar-refractivity contribution in [1.82, 2.24) is 14.6 Å². The van der Waals surface area contributed by atoms with Crippen molar-refractivity contribution in [2.75, 3.05) is 14.2 Å². The van der Waals surface area contributed by atoms with Crippen LogP contribution in [0.2, 0.25) is 0 Å². The van der Waals surface area contributed by atoms with Crippen molar-refractivity contribution in [3.63, 3.8) is 0 Å². The van der Waals surface area contributed by atoms with Crippen LogP contribution in [0.1, 0.15) is 16.8 Å². The van der Waals surface area contributed by atoms with Gasteiger partial charge in [0.05, 0.1) is 18.8 Å². The summed E-state index contributed by atoms with van der Waals surface area (Å²) in [6.07, 6.45) is 2.03. The van der Waals surface area contributed by atoms with Gasteiger partial charge in [-0.1, -0.05) is 47.7 Å². The zero-order valence-corrected chi connectivity index (χ0v) is 16.6. The number of rotatable bonds is 5. The summed E-state index contributed by atoms with van der Waals surface area (Å²) in [5.41, 5.74) is 1.19. The van der Waals surface area contributed by atoms with Crippen LogP contribution in [0.5, 0.6) is 11.5 Å². The molecule has 0 atom stereocenters. The molecule has 2 heterocycles. The number of ether oxygens (including phenoxy) is 2. The molecule has 0 aliphatic carbocycles. The van der Waals surface area contributed by atoms with Crippen molar-refractivity contribution in [1.29, 1.82) is 0 Å². The van der Waals surface area contributed by atoms with Gasteiger partial charge in [-0.15, -0.1) is 0 Å². The molecule has 0 saturated heterocycles. The lowest BCUT2D eigenvalue weighted by Gasteiger charge is -2.07. The fraction of sp³-hybridized carbons (Fsp3) is 0.143. The van der Waals surface area contributed by atoms with Crippen LogP contribution >= 0.6 is 11.3 Å². The first-order valence-electron chi connectivity index (χ1n) is 8.79. The number of thiazole rings is 1. The van der Waals surface area contributed by atoms with Crippen LogP contribution in [0.15, 0.2) is 58.1 Å². The number of fused-ring (bicyclic) bond motifs is 1. The molecule has 0 bridgehead atoms. The molecule has 4 aromatic rings. The van der Waals surface area contributed by atoms with Crippen LogP contribution in [-0.4, -0.2) is 28.8 Å². The van der Waals surface area contributed by atoms with Gasteiger partial charge in [0.15, 0.2) is 11.5 Å². The summed E-state index contributed by atoms with van der Waals surface area (Å²) >= 11 is 1.12. The van der Waals surface area contributed by atoms with E-state index < -0.39 is 5.56 Å². The van der Waals surface area contributed by atoms with Crippen LogP contribution in [0.25, 0.3) is 11.0 Å². The summed E-state index contributed by atoms with van der Waals surface area (Å²) in [4.78, 5) is 29.5. The quantitative estimate of drug-likeness (QED) is 0.501.